The minimum atomic E-state index is -0.461. The number of amides is 1. The second-order valence-corrected chi connectivity index (χ2v) is 8.31. The van der Waals surface area contributed by atoms with Crippen LogP contribution in [0.2, 0.25) is 0 Å². The normalized spacial score (nSPS) is 12.2. The van der Waals surface area contributed by atoms with E-state index in [1.807, 2.05) is 13.8 Å². The topological polar surface area (TPSA) is 108 Å². The summed E-state index contributed by atoms with van der Waals surface area (Å²) in [6, 6.07) is 4.14. The molecule has 0 aliphatic rings. The van der Waals surface area contributed by atoms with Crippen molar-refractivity contribution in [3.05, 3.63) is 80.4 Å². The molecular formula is C22H23N5O4S. The fraction of sp³-hybridized carbons (Fsp3) is 0.318. The highest BCUT2D eigenvalue weighted by atomic mass is 32.1. The van der Waals surface area contributed by atoms with E-state index in [9.17, 15) is 14.8 Å². The largest absolute Gasteiger partial charge is 0.619 e. The fourth-order valence-corrected chi connectivity index (χ4v) is 4.33. The predicted molar refractivity (Wildman–Crippen MR) is 119 cm³/mol. The van der Waals surface area contributed by atoms with Crippen molar-refractivity contribution in [2.75, 3.05) is 6.54 Å². The number of aromatic nitrogens is 4. The lowest BCUT2D eigenvalue weighted by Gasteiger charge is -2.32. The van der Waals surface area contributed by atoms with Gasteiger partial charge in [-0.05, 0) is 18.9 Å². The standard InChI is InChI=1S/C22H23N5O4S/c1-3-8-26(21(28)15-5-9-25(30)10-6-15)18(4-2)19-24-20-17(7-11-31-20)22(29)27(19)13-16-12-23-14-32-16/h5-7,9-12,14,18H,3-4,8,13H2,1-2H3. The van der Waals surface area contributed by atoms with Gasteiger partial charge in [0.05, 0.1) is 29.9 Å². The number of pyridine rings is 1. The van der Waals surface area contributed by atoms with Gasteiger partial charge in [-0.3, -0.25) is 19.1 Å². The third kappa shape index (κ3) is 4.13. The number of nitrogens with zero attached hydrogens (tertiary/aromatic N) is 5. The van der Waals surface area contributed by atoms with Crippen LogP contribution < -0.4 is 10.3 Å². The van der Waals surface area contributed by atoms with Gasteiger partial charge in [-0.2, -0.15) is 9.71 Å². The van der Waals surface area contributed by atoms with Gasteiger partial charge in [-0.1, -0.05) is 13.8 Å². The van der Waals surface area contributed by atoms with Crippen LogP contribution in [0.5, 0.6) is 0 Å². The highest BCUT2D eigenvalue weighted by Crippen LogP contribution is 2.27. The van der Waals surface area contributed by atoms with E-state index in [0.29, 0.717) is 41.0 Å². The molecule has 4 aromatic rings. The lowest BCUT2D eigenvalue weighted by Crippen LogP contribution is -2.39. The molecule has 0 bridgehead atoms. The van der Waals surface area contributed by atoms with Gasteiger partial charge in [-0.15, -0.1) is 11.3 Å². The van der Waals surface area contributed by atoms with Crippen LogP contribution in [0, 0.1) is 5.21 Å². The van der Waals surface area contributed by atoms with E-state index in [2.05, 4.69) is 9.97 Å². The highest BCUT2D eigenvalue weighted by Gasteiger charge is 2.29. The van der Waals surface area contributed by atoms with Gasteiger partial charge < -0.3 is 14.5 Å². The van der Waals surface area contributed by atoms with Crippen LogP contribution in [0.1, 0.15) is 53.8 Å². The molecule has 9 nitrogen and oxygen atoms in total. The molecule has 4 aromatic heterocycles. The maximum Gasteiger partial charge on any atom is 0.265 e. The first-order chi connectivity index (χ1) is 15.5. The van der Waals surface area contributed by atoms with Crippen molar-refractivity contribution >= 4 is 28.3 Å². The molecule has 0 aromatic carbocycles. The number of carbonyl (C=O) groups is 1. The number of carbonyl (C=O) groups excluding carboxylic acids is 1. The molecule has 0 spiro atoms. The smallest absolute Gasteiger partial charge is 0.265 e. The number of hydrogen-bond donors (Lipinski definition) is 0. The summed E-state index contributed by atoms with van der Waals surface area (Å²) in [5.41, 5.74) is 2.15. The summed E-state index contributed by atoms with van der Waals surface area (Å²) >= 11 is 1.45. The summed E-state index contributed by atoms with van der Waals surface area (Å²) in [7, 11) is 0. The molecule has 4 heterocycles. The zero-order chi connectivity index (χ0) is 22.7. The second-order valence-electron chi connectivity index (χ2n) is 7.34. The minimum Gasteiger partial charge on any atom is -0.619 e. The Morgan fingerprint density at radius 3 is 2.75 bits per heavy atom. The van der Waals surface area contributed by atoms with Crippen molar-refractivity contribution < 1.29 is 13.9 Å². The van der Waals surface area contributed by atoms with Gasteiger partial charge in [0.2, 0.25) is 5.71 Å². The molecule has 166 valence electrons. The van der Waals surface area contributed by atoms with E-state index >= 15 is 0 Å². The quantitative estimate of drug-likeness (QED) is 0.300. The lowest BCUT2D eigenvalue weighted by atomic mass is 10.1. The molecule has 0 saturated carbocycles. The average molecular weight is 454 g/mol. The van der Waals surface area contributed by atoms with Gasteiger partial charge in [0.1, 0.15) is 11.2 Å². The average Bonchev–Trinajstić information content (AvgIpc) is 3.48. The van der Waals surface area contributed by atoms with Gasteiger partial charge >= 0.3 is 0 Å². The van der Waals surface area contributed by atoms with E-state index in [4.69, 9.17) is 4.42 Å². The number of fused-ring (bicyclic) bond motifs is 1. The number of thiazole rings is 1. The van der Waals surface area contributed by atoms with Crippen molar-refractivity contribution in [3.8, 4) is 0 Å². The van der Waals surface area contributed by atoms with E-state index in [1.54, 1.807) is 27.2 Å². The Hall–Kier alpha value is -3.53. The van der Waals surface area contributed by atoms with Gasteiger partial charge in [0, 0.05) is 29.8 Å². The Bertz CT molecular complexity index is 1260. The number of hydrogen-bond acceptors (Lipinski definition) is 7. The molecule has 32 heavy (non-hydrogen) atoms. The summed E-state index contributed by atoms with van der Waals surface area (Å²) in [6.45, 7) is 4.71. The monoisotopic (exact) mass is 453 g/mol. The molecule has 0 aliphatic heterocycles. The van der Waals surface area contributed by atoms with Crippen molar-refractivity contribution in [1.29, 1.82) is 0 Å². The Labute approximate surface area is 188 Å². The van der Waals surface area contributed by atoms with Crippen LogP contribution in [-0.4, -0.2) is 31.9 Å². The molecular weight excluding hydrogens is 430 g/mol. The van der Waals surface area contributed by atoms with E-state index < -0.39 is 6.04 Å². The maximum absolute atomic E-state index is 13.4. The first-order valence-corrected chi connectivity index (χ1v) is 11.3. The third-order valence-electron chi connectivity index (χ3n) is 5.25. The molecule has 1 amide bonds. The highest BCUT2D eigenvalue weighted by molar-refractivity contribution is 7.09. The van der Waals surface area contributed by atoms with Crippen molar-refractivity contribution in [1.82, 2.24) is 19.4 Å². The van der Waals surface area contributed by atoms with Crippen LogP contribution in [0.4, 0.5) is 0 Å². The van der Waals surface area contributed by atoms with Crippen molar-refractivity contribution in [3.63, 3.8) is 0 Å². The van der Waals surface area contributed by atoms with Crippen LogP contribution in [-0.2, 0) is 6.54 Å². The van der Waals surface area contributed by atoms with Crippen LogP contribution in [0.15, 0.2) is 57.8 Å². The molecule has 10 heteroatoms. The zero-order valence-corrected chi connectivity index (χ0v) is 18.6. The lowest BCUT2D eigenvalue weighted by molar-refractivity contribution is -0.605. The molecule has 0 N–H and O–H groups in total. The van der Waals surface area contributed by atoms with Gasteiger partial charge in [0.25, 0.3) is 11.5 Å². The van der Waals surface area contributed by atoms with Crippen LogP contribution >= 0.6 is 11.3 Å². The van der Waals surface area contributed by atoms with Crippen LogP contribution in [0.25, 0.3) is 11.1 Å². The fourth-order valence-electron chi connectivity index (χ4n) is 3.75. The second kappa shape index (κ2) is 9.31. The maximum atomic E-state index is 13.4. The Morgan fingerprint density at radius 2 is 2.09 bits per heavy atom. The molecule has 1 atom stereocenters. The summed E-state index contributed by atoms with van der Waals surface area (Å²) in [6.07, 6.45) is 7.02. The zero-order valence-electron chi connectivity index (χ0n) is 17.8. The van der Waals surface area contributed by atoms with E-state index in [0.717, 1.165) is 11.3 Å². The minimum absolute atomic E-state index is 0.221. The molecule has 0 aliphatic carbocycles. The van der Waals surface area contributed by atoms with Gasteiger partial charge in [-0.25, -0.2) is 0 Å². The Kier molecular flexibility index (Phi) is 6.31. The van der Waals surface area contributed by atoms with Crippen molar-refractivity contribution in [2.45, 2.75) is 39.3 Å². The first-order valence-electron chi connectivity index (χ1n) is 10.4. The summed E-state index contributed by atoms with van der Waals surface area (Å²) in [5, 5.41) is 11.8. The molecule has 1 unspecified atom stereocenters. The molecule has 0 saturated heterocycles. The first kappa shape index (κ1) is 21.7. The van der Waals surface area contributed by atoms with Gasteiger partial charge in [0.15, 0.2) is 12.4 Å². The Morgan fingerprint density at radius 1 is 1.31 bits per heavy atom. The van der Waals surface area contributed by atoms with Crippen molar-refractivity contribution in [2.24, 2.45) is 0 Å². The van der Waals surface area contributed by atoms with E-state index in [-0.39, 0.29) is 17.2 Å². The third-order valence-corrected chi connectivity index (χ3v) is 6.01. The SMILES string of the molecule is CCCN(C(=O)c1cc[n+]([O-])cc1)C(CC)c1nc2occc2c(=O)n1Cc1cncs1. The van der Waals surface area contributed by atoms with Crippen LogP contribution in [0.3, 0.4) is 0 Å². The Balaban J connectivity index is 1.83. The predicted octanol–water partition coefficient (Wildman–Crippen LogP) is 3.13. The summed E-state index contributed by atoms with van der Waals surface area (Å²) < 4.78 is 7.69. The molecule has 0 fully saturated rings. The number of furan rings is 1. The summed E-state index contributed by atoms with van der Waals surface area (Å²) in [4.78, 5) is 38.1. The van der Waals surface area contributed by atoms with E-state index in [1.165, 1.54) is 42.1 Å². The number of rotatable bonds is 8. The molecule has 0 radical (unpaired) electrons. The molecule has 4 rings (SSSR count). The summed E-state index contributed by atoms with van der Waals surface area (Å²) in [5.74, 6) is 0.238.